The fourth-order valence-electron chi connectivity index (χ4n) is 6.11. The highest BCUT2D eigenvalue weighted by Crippen LogP contribution is 2.61. The summed E-state index contributed by atoms with van der Waals surface area (Å²) in [6.07, 6.45) is 14.0. The highest BCUT2D eigenvalue weighted by Gasteiger charge is 2.55. The topological polar surface area (TPSA) is 34.1 Å². The van der Waals surface area contributed by atoms with Crippen LogP contribution in [0, 0.1) is 23.2 Å². The van der Waals surface area contributed by atoms with Gasteiger partial charge in [-0.1, -0.05) is 24.6 Å². The molecule has 0 aromatic heterocycles. The summed E-state index contributed by atoms with van der Waals surface area (Å²) < 4.78 is 0. The van der Waals surface area contributed by atoms with Crippen molar-refractivity contribution in [1.29, 1.82) is 0 Å². The van der Waals surface area contributed by atoms with Crippen molar-refractivity contribution >= 4 is 11.6 Å². The summed E-state index contributed by atoms with van der Waals surface area (Å²) >= 11 is 0. The first-order valence-electron chi connectivity index (χ1n) is 9.65. The zero-order valence-corrected chi connectivity index (χ0v) is 14.9. The molecule has 0 spiro atoms. The molecule has 4 aliphatic rings. The van der Waals surface area contributed by atoms with Crippen molar-refractivity contribution in [2.24, 2.45) is 23.2 Å². The lowest BCUT2D eigenvalue weighted by molar-refractivity contribution is -0.129. The predicted molar refractivity (Wildman–Crippen MR) is 95.5 cm³/mol. The second-order valence-electron chi connectivity index (χ2n) is 8.41. The Labute approximate surface area is 145 Å². The van der Waals surface area contributed by atoms with Crippen LogP contribution >= 0.6 is 0 Å². The van der Waals surface area contributed by atoms with Crippen LogP contribution in [0.4, 0.5) is 0 Å². The molecule has 4 aliphatic carbocycles. The summed E-state index contributed by atoms with van der Waals surface area (Å²) in [4.78, 5) is 24.5. The summed E-state index contributed by atoms with van der Waals surface area (Å²) in [7, 11) is 0. The monoisotopic (exact) mass is 324 g/mol. The van der Waals surface area contributed by atoms with Gasteiger partial charge in [-0.25, -0.2) is 0 Å². The van der Waals surface area contributed by atoms with Crippen molar-refractivity contribution in [3.05, 3.63) is 34.9 Å². The Morgan fingerprint density at radius 1 is 1.17 bits per heavy atom. The first kappa shape index (κ1) is 16.1. The molecule has 2 nitrogen and oxygen atoms in total. The summed E-state index contributed by atoms with van der Waals surface area (Å²) in [6, 6.07) is 0. The minimum absolute atomic E-state index is 0.104. The molecule has 128 valence electrons. The average molecular weight is 324 g/mol. The summed E-state index contributed by atoms with van der Waals surface area (Å²) in [5.41, 5.74) is 4.35. The lowest BCUT2D eigenvalue weighted by Crippen LogP contribution is -2.44. The van der Waals surface area contributed by atoms with E-state index in [-0.39, 0.29) is 5.41 Å². The summed E-state index contributed by atoms with van der Waals surface area (Å²) in [6.45, 7) is 4.32. The van der Waals surface area contributed by atoms with E-state index in [4.69, 9.17) is 0 Å². The van der Waals surface area contributed by atoms with Crippen LogP contribution < -0.4 is 0 Å². The van der Waals surface area contributed by atoms with Gasteiger partial charge in [0.05, 0.1) is 0 Å². The molecule has 4 rings (SSSR count). The third kappa shape index (κ3) is 2.29. The Balaban J connectivity index is 1.81. The zero-order valence-electron chi connectivity index (χ0n) is 14.9. The van der Waals surface area contributed by atoms with Crippen molar-refractivity contribution in [3.63, 3.8) is 0 Å². The Morgan fingerprint density at radius 3 is 2.79 bits per heavy atom. The van der Waals surface area contributed by atoms with Gasteiger partial charge in [-0.3, -0.25) is 9.59 Å². The number of hydrogen-bond donors (Lipinski definition) is 0. The number of rotatable bonds is 2. The predicted octanol–water partition coefficient (Wildman–Crippen LogP) is 4.95. The van der Waals surface area contributed by atoms with Gasteiger partial charge < -0.3 is 0 Å². The van der Waals surface area contributed by atoms with Gasteiger partial charge in [-0.15, -0.1) is 0 Å². The maximum absolute atomic E-state index is 12.7. The minimum Gasteiger partial charge on any atom is -0.299 e. The molecule has 4 atom stereocenters. The summed E-state index contributed by atoms with van der Waals surface area (Å²) in [5.74, 6) is 2.40. The van der Waals surface area contributed by atoms with E-state index in [1.54, 1.807) is 5.57 Å². The van der Waals surface area contributed by atoms with Crippen LogP contribution in [0.25, 0.3) is 0 Å². The number of carbonyl (C=O) groups is 2. The summed E-state index contributed by atoms with van der Waals surface area (Å²) in [5, 5.41) is 0. The first-order valence-corrected chi connectivity index (χ1v) is 9.65. The highest BCUT2D eigenvalue weighted by molar-refractivity contribution is 5.93. The second-order valence-corrected chi connectivity index (χ2v) is 8.41. The molecule has 0 bridgehead atoms. The van der Waals surface area contributed by atoms with Gasteiger partial charge >= 0.3 is 0 Å². The van der Waals surface area contributed by atoms with E-state index in [1.165, 1.54) is 11.1 Å². The third-order valence-electron chi connectivity index (χ3n) is 7.21. The fourth-order valence-corrected chi connectivity index (χ4v) is 6.11. The maximum atomic E-state index is 12.7. The van der Waals surface area contributed by atoms with Gasteiger partial charge in [0.2, 0.25) is 0 Å². The molecule has 0 aromatic carbocycles. The molecule has 4 unspecified atom stereocenters. The van der Waals surface area contributed by atoms with Gasteiger partial charge in [0.1, 0.15) is 5.78 Å². The van der Waals surface area contributed by atoms with E-state index < -0.39 is 0 Å². The first-order chi connectivity index (χ1) is 11.5. The van der Waals surface area contributed by atoms with E-state index in [9.17, 15) is 9.59 Å². The van der Waals surface area contributed by atoms with Crippen molar-refractivity contribution < 1.29 is 9.59 Å². The SMILES string of the molecule is C/C=C\CC1CC2(C)C(=O)CCC2C2CCC3=CC(=O)CCC3=C12. The van der Waals surface area contributed by atoms with Gasteiger partial charge in [-0.05, 0) is 80.4 Å². The molecule has 2 saturated carbocycles. The van der Waals surface area contributed by atoms with Crippen LogP contribution in [0.15, 0.2) is 34.9 Å². The minimum atomic E-state index is -0.104. The van der Waals surface area contributed by atoms with Crippen molar-refractivity contribution in [3.8, 4) is 0 Å². The van der Waals surface area contributed by atoms with E-state index in [2.05, 4.69) is 26.0 Å². The van der Waals surface area contributed by atoms with Crippen LogP contribution in [-0.4, -0.2) is 11.6 Å². The second kappa shape index (κ2) is 5.82. The molecule has 0 N–H and O–H groups in total. The molecular formula is C22H28O2. The van der Waals surface area contributed by atoms with Crippen LogP contribution in [0.2, 0.25) is 0 Å². The number of hydrogen-bond acceptors (Lipinski definition) is 2. The molecule has 0 amide bonds. The number of allylic oxidation sites excluding steroid dienone is 6. The van der Waals surface area contributed by atoms with E-state index in [1.807, 2.05) is 6.08 Å². The van der Waals surface area contributed by atoms with E-state index >= 15 is 0 Å². The molecule has 0 aliphatic heterocycles. The molecule has 0 saturated heterocycles. The van der Waals surface area contributed by atoms with E-state index in [0.717, 1.165) is 44.9 Å². The molecule has 2 heteroatoms. The van der Waals surface area contributed by atoms with Crippen LogP contribution in [0.5, 0.6) is 0 Å². The average Bonchev–Trinajstić information content (AvgIpc) is 2.87. The van der Waals surface area contributed by atoms with Crippen molar-refractivity contribution in [2.45, 2.75) is 65.2 Å². The number of carbonyl (C=O) groups excluding carboxylic acids is 2. The maximum Gasteiger partial charge on any atom is 0.156 e. The standard InChI is InChI=1S/C22H28O2/c1-3-4-5-15-13-22(2)19(10-11-20(22)24)18-8-6-14-12-16(23)7-9-17(14)21(15)18/h3-4,12,15,18-19H,5-11,13H2,1-2H3/b4-3-. The smallest absolute Gasteiger partial charge is 0.156 e. The van der Waals surface area contributed by atoms with Gasteiger partial charge in [0.25, 0.3) is 0 Å². The van der Waals surface area contributed by atoms with Gasteiger partial charge in [0, 0.05) is 18.3 Å². The molecule has 2 fully saturated rings. The van der Waals surface area contributed by atoms with Crippen molar-refractivity contribution in [2.75, 3.05) is 0 Å². The Morgan fingerprint density at radius 2 is 2.00 bits per heavy atom. The largest absolute Gasteiger partial charge is 0.299 e. The lowest BCUT2D eigenvalue weighted by Gasteiger charge is -2.50. The molecule has 0 heterocycles. The Kier molecular flexibility index (Phi) is 3.89. The molecule has 0 radical (unpaired) electrons. The van der Waals surface area contributed by atoms with Gasteiger partial charge in [-0.2, -0.15) is 0 Å². The van der Waals surface area contributed by atoms with Crippen molar-refractivity contribution in [1.82, 2.24) is 0 Å². The van der Waals surface area contributed by atoms with Crippen LogP contribution in [0.3, 0.4) is 0 Å². The van der Waals surface area contributed by atoms with Gasteiger partial charge in [0.15, 0.2) is 5.78 Å². The quantitative estimate of drug-likeness (QED) is 0.673. The highest BCUT2D eigenvalue weighted by atomic mass is 16.1. The number of fused-ring (bicyclic) bond motifs is 4. The third-order valence-corrected chi connectivity index (χ3v) is 7.21. The fraction of sp³-hybridized carbons (Fsp3) is 0.636. The molecular weight excluding hydrogens is 296 g/mol. The Bertz CT molecular complexity index is 678. The normalized spacial score (nSPS) is 38.9. The molecule has 0 aromatic rings. The number of ketones is 2. The lowest BCUT2D eigenvalue weighted by atomic mass is 9.54. The van der Waals surface area contributed by atoms with Crippen LogP contribution in [0.1, 0.15) is 65.2 Å². The van der Waals surface area contributed by atoms with E-state index in [0.29, 0.717) is 35.7 Å². The number of Topliss-reactive ketones (excluding diaryl/α,β-unsaturated/α-hetero) is 1. The van der Waals surface area contributed by atoms with Crippen LogP contribution in [-0.2, 0) is 9.59 Å². The zero-order chi connectivity index (χ0) is 16.9. The molecule has 24 heavy (non-hydrogen) atoms. The Hall–Kier alpha value is -1.44.